The molecule has 3 aromatic rings. The summed E-state index contributed by atoms with van der Waals surface area (Å²) in [6, 6.07) is 19.9. The molecule has 3 heteroatoms. The van der Waals surface area contributed by atoms with Crippen LogP contribution in [0.15, 0.2) is 67.1 Å². The topological polar surface area (TPSA) is 31.9 Å². The minimum Gasteiger partial charge on any atom is -0.363 e. The normalized spacial score (nSPS) is 10.9. The standard InChI is InChI=1S/C20H23N3/c1-16(2)23(14-19-13-21-15-22-19)20-10-8-18(9-11-20)12-17-6-4-3-5-7-17/h3-11,13,15-16H,12,14H2,1-2H3,(H,21,22). The Morgan fingerprint density at radius 1 is 0.957 bits per heavy atom. The van der Waals surface area contributed by atoms with Crippen molar-refractivity contribution in [1.29, 1.82) is 0 Å². The highest BCUT2D eigenvalue weighted by Crippen LogP contribution is 2.21. The molecule has 0 fully saturated rings. The van der Waals surface area contributed by atoms with Gasteiger partial charge in [0.15, 0.2) is 0 Å². The lowest BCUT2D eigenvalue weighted by Crippen LogP contribution is -2.30. The first kappa shape index (κ1) is 15.3. The van der Waals surface area contributed by atoms with E-state index in [4.69, 9.17) is 0 Å². The van der Waals surface area contributed by atoms with Crippen molar-refractivity contribution >= 4 is 5.69 Å². The van der Waals surface area contributed by atoms with Crippen LogP contribution in [0.5, 0.6) is 0 Å². The smallest absolute Gasteiger partial charge is 0.0923 e. The molecule has 0 aliphatic rings. The first-order chi connectivity index (χ1) is 11.2. The molecule has 0 atom stereocenters. The predicted molar refractivity (Wildman–Crippen MR) is 95.6 cm³/mol. The number of rotatable bonds is 6. The molecule has 0 aliphatic heterocycles. The van der Waals surface area contributed by atoms with Crippen LogP contribution in [0.2, 0.25) is 0 Å². The monoisotopic (exact) mass is 305 g/mol. The molecule has 0 unspecified atom stereocenters. The van der Waals surface area contributed by atoms with Crippen molar-refractivity contribution < 1.29 is 0 Å². The van der Waals surface area contributed by atoms with Crippen molar-refractivity contribution in [3.05, 3.63) is 83.9 Å². The van der Waals surface area contributed by atoms with Gasteiger partial charge in [0.1, 0.15) is 0 Å². The van der Waals surface area contributed by atoms with Gasteiger partial charge in [0.25, 0.3) is 0 Å². The molecule has 3 rings (SSSR count). The van der Waals surface area contributed by atoms with Crippen molar-refractivity contribution in [3.63, 3.8) is 0 Å². The zero-order chi connectivity index (χ0) is 16.1. The minimum absolute atomic E-state index is 0.423. The fourth-order valence-electron chi connectivity index (χ4n) is 2.76. The highest BCUT2D eigenvalue weighted by atomic mass is 15.2. The molecule has 1 N–H and O–H groups in total. The van der Waals surface area contributed by atoms with Crippen LogP contribution in [0.1, 0.15) is 30.7 Å². The third kappa shape index (κ3) is 4.01. The molecule has 23 heavy (non-hydrogen) atoms. The van der Waals surface area contributed by atoms with Gasteiger partial charge in [-0.1, -0.05) is 42.5 Å². The molecule has 1 heterocycles. The summed E-state index contributed by atoms with van der Waals surface area (Å²) in [5.74, 6) is 0. The van der Waals surface area contributed by atoms with E-state index >= 15 is 0 Å². The van der Waals surface area contributed by atoms with Gasteiger partial charge >= 0.3 is 0 Å². The molecule has 0 saturated heterocycles. The zero-order valence-corrected chi connectivity index (χ0v) is 13.7. The van der Waals surface area contributed by atoms with E-state index in [9.17, 15) is 0 Å². The number of hydrogen-bond donors (Lipinski definition) is 1. The second-order valence-corrected chi connectivity index (χ2v) is 6.11. The average Bonchev–Trinajstić information content (AvgIpc) is 3.07. The van der Waals surface area contributed by atoms with Gasteiger partial charge in [-0.2, -0.15) is 0 Å². The third-order valence-corrected chi connectivity index (χ3v) is 4.03. The van der Waals surface area contributed by atoms with Crippen LogP contribution in [-0.4, -0.2) is 16.0 Å². The van der Waals surface area contributed by atoms with Gasteiger partial charge in [0.05, 0.1) is 18.6 Å². The van der Waals surface area contributed by atoms with Gasteiger partial charge < -0.3 is 9.88 Å². The first-order valence-electron chi connectivity index (χ1n) is 8.09. The van der Waals surface area contributed by atoms with Crippen molar-refractivity contribution in [2.45, 2.75) is 32.9 Å². The van der Waals surface area contributed by atoms with E-state index in [1.807, 2.05) is 6.20 Å². The Labute approximate surface area is 138 Å². The van der Waals surface area contributed by atoms with E-state index in [1.54, 1.807) is 6.33 Å². The molecule has 0 spiro atoms. The Kier molecular flexibility index (Phi) is 4.77. The summed E-state index contributed by atoms with van der Waals surface area (Å²) in [5.41, 5.74) is 4.98. The Hall–Kier alpha value is -2.55. The third-order valence-electron chi connectivity index (χ3n) is 4.03. The van der Waals surface area contributed by atoms with E-state index in [-0.39, 0.29) is 0 Å². The summed E-state index contributed by atoms with van der Waals surface area (Å²) in [6.45, 7) is 5.24. The summed E-state index contributed by atoms with van der Waals surface area (Å²) in [5, 5.41) is 0. The van der Waals surface area contributed by atoms with Gasteiger partial charge in [-0.05, 0) is 43.5 Å². The number of anilines is 1. The number of aromatic nitrogens is 2. The predicted octanol–water partition coefficient (Wildman–Crippen LogP) is 4.42. The molecule has 118 valence electrons. The molecule has 3 nitrogen and oxygen atoms in total. The van der Waals surface area contributed by atoms with Gasteiger partial charge in [0, 0.05) is 17.9 Å². The van der Waals surface area contributed by atoms with Gasteiger partial charge in [0.2, 0.25) is 0 Å². The van der Waals surface area contributed by atoms with Crippen LogP contribution in [-0.2, 0) is 13.0 Å². The van der Waals surface area contributed by atoms with Gasteiger partial charge in [-0.15, -0.1) is 0 Å². The Morgan fingerprint density at radius 2 is 1.65 bits per heavy atom. The highest BCUT2D eigenvalue weighted by Gasteiger charge is 2.12. The van der Waals surface area contributed by atoms with Crippen molar-refractivity contribution in [2.75, 3.05) is 4.90 Å². The van der Waals surface area contributed by atoms with Crippen LogP contribution in [0.4, 0.5) is 5.69 Å². The number of H-pyrrole nitrogens is 1. The second kappa shape index (κ2) is 7.14. The molecule has 0 saturated carbocycles. The fourth-order valence-corrected chi connectivity index (χ4v) is 2.76. The molecule has 0 aliphatic carbocycles. The van der Waals surface area contributed by atoms with E-state index in [0.717, 1.165) is 18.7 Å². The summed E-state index contributed by atoms with van der Waals surface area (Å²) in [4.78, 5) is 9.73. The quantitative estimate of drug-likeness (QED) is 0.731. The summed E-state index contributed by atoms with van der Waals surface area (Å²) >= 11 is 0. The maximum atomic E-state index is 4.34. The maximum Gasteiger partial charge on any atom is 0.0923 e. The average molecular weight is 305 g/mol. The van der Waals surface area contributed by atoms with Crippen LogP contribution in [0.3, 0.4) is 0 Å². The van der Waals surface area contributed by atoms with Crippen LogP contribution >= 0.6 is 0 Å². The Balaban J connectivity index is 1.74. The van der Waals surface area contributed by atoms with Crippen molar-refractivity contribution in [1.82, 2.24) is 9.97 Å². The molecule has 0 amide bonds. The van der Waals surface area contributed by atoms with E-state index in [1.165, 1.54) is 16.8 Å². The Morgan fingerprint density at radius 3 is 2.26 bits per heavy atom. The molecule has 2 aromatic carbocycles. The number of aromatic amines is 1. The zero-order valence-electron chi connectivity index (χ0n) is 13.7. The van der Waals surface area contributed by atoms with E-state index in [2.05, 4.69) is 83.3 Å². The van der Waals surface area contributed by atoms with Crippen molar-refractivity contribution in [3.8, 4) is 0 Å². The molecule has 0 radical (unpaired) electrons. The second-order valence-electron chi connectivity index (χ2n) is 6.11. The van der Waals surface area contributed by atoms with Crippen LogP contribution < -0.4 is 4.90 Å². The lowest BCUT2D eigenvalue weighted by atomic mass is 10.0. The highest BCUT2D eigenvalue weighted by molar-refractivity contribution is 5.49. The van der Waals surface area contributed by atoms with Gasteiger partial charge in [-0.3, -0.25) is 0 Å². The lowest BCUT2D eigenvalue weighted by molar-refractivity contribution is 0.675. The summed E-state index contributed by atoms with van der Waals surface area (Å²) < 4.78 is 0. The number of nitrogens with one attached hydrogen (secondary N) is 1. The largest absolute Gasteiger partial charge is 0.363 e. The molecule has 1 aromatic heterocycles. The Bertz CT molecular complexity index is 700. The number of hydrogen-bond acceptors (Lipinski definition) is 2. The first-order valence-corrected chi connectivity index (χ1v) is 8.09. The molecule has 0 bridgehead atoms. The molecular weight excluding hydrogens is 282 g/mol. The lowest BCUT2D eigenvalue weighted by Gasteiger charge is -2.28. The van der Waals surface area contributed by atoms with Crippen molar-refractivity contribution in [2.24, 2.45) is 0 Å². The minimum atomic E-state index is 0.423. The SMILES string of the molecule is CC(C)N(Cc1c[nH]cn1)c1ccc(Cc2ccccc2)cc1. The van der Waals surface area contributed by atoms with Crippen LogP contribution in [0, 0.1) is 0 Å². The maximum absolute atomic E-state index is 4.34. The fraction of sp³-hybridized carbons (Fsp3) is 0.250. The van der Waals surface area contributed by atoms with E-state index in [0.29, 0.717) is 6.04 Å². The number of benzene rings is 2. The number of nitrogens with zero attached hydrogens (tertiary/aromatic N) is 2. The summed E-state index contributed by atoms with van der Waals surface area (Å²) in [7, 11) is 0. The number of imidazole rings is 1. The van der Waals surface area contributed by atoms with E-state index < -0.39 is 0 Å². The van der Waals surface area contributed by atoms with Crippen LogP contribution in [0.25, 0.3) is 0 Å². The molecular formula is C20H23N3. The van der Waals surface area contributed by atoms with Gasteiger partial charge in [-0.25, -0.2) is 4.98 Å². The summed E-state index contributed by atoms with van der Waals surface area (Å²) in [6.07, 6.45) is 4.66.